The lowest BCUT2D eigenvalue weighted by Gasteiger charge is -2.32. The monoisotopic (exact) mass is 478 g/mol. The van der Waals surface area contributed by atoms with Crippen molar-refractivity contribution in [2.45, 2.75) is 24.6 Å². The van der Waals surface area contributed by atoms with Crippen LogP contribution in [0.5, 0.6) is 5.75 Å². The molecule has 1 aliphatic heterocycles. The third-order valence-corrected chi connectivity index (χ3v) is 7.07. The molecule has 0 unspecified atom stereocenters. The van der Waals surface area contributed by atoms with E-state index in [2.05, 4.69) is 19.3 Å². The number of aryl methyl sites for hydroxylation is 1. The van der Waals surface area contributed by atoms with E-state index in [0.717, 1.165) is 42.6 Å². The molecular formula is C18H21F3N4O4S2. The maximum absolute atomic E-state index is 12.6. The minimum absolute atomic E-state index is 0.0600. The van der Waals surface area contributed by atoms with Crippen LogP contribution < -0.4 is 9.46 Å². The standard InChI is InChI=1S/C18H21F3N4O4S2/c1-12-9-14(29-18(19,20)21)3-4-15(12)31(27,28)23-17-22-13(11-30-17)10-16(26)25-7-5-24(2)6-8-25/h3-4,9,11H,5-8,10H2,1-2H3,(H,22,23). The summed E-state index contributed by atoms with van der Waals surface area (Å²) in [5, 5.41) is 1.66. The number of carbonyl (C=O) groups is 1. The molecule has 0 atom stereocenters. The molecule has 170 valence electrons. The summed E-state index contributed by atoms with van der Waals surface area (Å²) in [6.45, 7) is 4.21. The van der Waals surface area contributed by atoms with E-state index in [0.29, 0.717) is 18.8 Å². The molecule has 2 aromatic rings. The number of amides is 1. The van der Waals surface area contributed by atoms with Gasteiger partial charge in [-0.15, -0.1) is 24.5 Å². The number of thiazole rings is 1. The predicted molar refractivity (Wildman–Crippen MR) is 109 cm³/mol. The van der Waals surface area contributed by atoms with Crippen molar-refractivity contribution in [2.24, 2.45) is 0 Å². The maximum atomic E-state index is 12.6. The first-order valence-electron chi connectivity index (χ1n) is 9.23. The highest BCUT2D eigenvalue weighted by molar-refractivity contribution is 7.93. The Kier molecular flexibility index (Phi) is 6.76. The van der Waals surface area contributed by atoms with Crippen LogP contribution >= 0.6 is 11.3 Å². The zero-order valence-corrected chi connectivity index (χ0v) is 18.4. The summed E-state index contributed by atoms with van der Waals surface area (Å²) in [7, 11) is -2.10. The Balaban J connectivity index is 1.66. The number of likely N-dealkylation sites (N-methyl/N-ethyl adjacent to an activating group) is 1. The molecule has 0 radical (unpaired) electrons. The number of hydrogen-bond acceptors (Lipinski definition) is 7. The van der Waals surface area contributed by atoms with Gasteiger partial charge in [-0.3, -0.25) is 9.52 Å². The molecule has 0 saturated carbocycles. The van der Waals surface area contributed by atoms with Gasteiger partial charge in [-0.2, -0.15) is 0 Å². The largest absolute Gasteiger partial charge is 0.573 e. The SMILES string of the molecule is Cc1cc(OC(F)(F)F)ccc1S(=O)(=O)Nc1nc(CC(=O)N2CCN(C)CC2)cs1. The van der Waals surface area contributed by atoms with Gasteiger partial charge in [-0.25, -0.2) is 13.4 Å². The molecule has 1 aromatic heterocycles. The fraction of sp³-hybridized carbons (Fsp3) is 0.444. The van der Waals surface area contributed by atoms with Crippen molar-refractivity contribution in [1.82, 2.24) is 14.8 Å². The first-order valence-corrected chi connectivity index (χ1v) is 11.6. The lowest BCUT2D eigenvalue weighted by Crippen LogP contribution is -2.47. The molecule has 1 N–H and O–H groups in total. The lowest BCUT2D eigenvalue weighted by molar-refractivity contribution is -0.274. The molecule has 1 fully saturated rings. The van der Waals surface area contributed by atoms with Crippen LogP contribution in [0, 0.1) is 6.92 Å². The number of sulfonamides is 1. The summed E-state index contributed by atoms with van der Waals surface area (Å²) in [5.74, 6) is -0.591. The fourth-order valence-corrected chi connectivity index (χ4v) is 5.24. The smallest absolute Gasteiger partial charge is 0.406 e. The van der Waals surface area contributed by atoms with Gasteiger partial charge in [0.15, 0.2) is 5.13 Å². The molecule has 0 aliphatic carbocycles. The molecule has 8 nitrogen and oxygen atoms in total. The molecule has 1 aromatic carbocycles. The Morgan fingerprint density at radius 2 is 1.94 bits per heavy atom. The predicted octanol–water partition coefficient (Wildman–Crippen LogP) is 2.47. The third-order valence-electron chi connectivity index (χ3n) is 4.63. The number of halogens is 3. The number of piperazine rings is 1. The van der Waals surface area contributed by atoms with Crippen LogP contribution in [0.15, 0.2) is 28.5 Å². The topological polar surface area (TPSA) is 91.8 Å². The number of carbonyl (C=O) groups excluding carboxylic acids is 1. The molecule has 1 aliphatic rings. The quantitative estimate of drug-likeness (QED) is 0.686. The Morgan fingerprint density at radius 3 is 2.55 bits per heavy atom. The molecule has 1 amide bonds. The maximum Gasteiger partial charge on any atom is 0.573 e. The summed E-state index contributed by atoms with van der Waals surface area (Å²) in [6.07, 6.45) is -4.81. The van der Waals surface area contributed by atoms with Crippen molar-refractivity contribution < 1.29 is 31.1 Å². The minimum atomic E-state index is -4.87. The number of rotatable bonds is 6. The van der Waals surface area contributed by atoms with Gasteiger partial charge < -0.3 is 14.5 Å². The van der Waals surface area contributed by atoms with E-state index in [1.165, 1.54) is 6.92 Å². The van der Waals surface area contributed by atoms with Crippen LogP contribution in [0.25, 0.3) is 0 Å². The van der Waals surface area contributed by atoms with E-state index < -0.39 is 22.1 Å². The molecular weight excluding hydrogens is 457 g/mol. The molecule has 2 heterocycles. The average Bonchev–Trinajstić information content (AvgIpc) is 3.06. The average molecular weight is 479 g/mol. The summed E-state index contributed by atoms with van der Waals surface area (Å²) >= 11 is 1.02. The van der Waals surface area contributed by atoms with E-state index >= 15 is 0 Å². The molecule has 13 heteroatoms. The Labute approximate surface area is 181 Å². The van der Waals surface area contributed by atoms with Gasteiger partial charge in [-0.05, 0) is 37.7 Å². The summed E-state index contributed by atoms with van der Waals surface area (Å²) in [5.41, 5.74) is 0.522. The number of aromatic nitrogens is 1. The number of anilines is 1. The van der Waals surface area contributed by atoms with Crippen molar-refractivity contribution in [2.75, 3.05) is 37.9 Å². The van der Waals surface area contributed by atoms with Crippen LogP contribution in [-0.4, -0.2) is 68.7 Å². The van der Waals surface area contributed by atoms with E-state index in [4.69, 9.17) is 0 Å². The van der Waals surface area contributed by atoms with E-state index in [-0.39, 0.29) is 27.9 Å². The minimum Gasteiger partial charge on any atom is -0.406 e. The van der Waals surface area contributed by atoms with Crippen LogP contribution in [0.4, 0.5) is 18.3 Å². The van der Waals surface area contributed by atoms with Crippen molar-refractivity contribution in [1.29, 1.82) is 0 Å². The van der Waals surface area contributed by atoms with Crippen LogP contribution in [0.2, 0.25) is 0 Å². The van der Waals surface area contributed by atoms with Gasteiger partial charge in [-0.1, -0.05) is 0 Å². The van der Waals surface area contributed by atoms with Crippen molar-refractivity contribution >= 4 is 32.4 Å². The zero-order valence-electron chi connectivity index (χ0n) is 16.8. The molecule has 0 spiro atoms. The molecule has 1 saturated heterocycles. The zero-order chi connectivity index (χ0) is 22.8. The molecule has 31 heavy (non-hydrogen) atoms. The van der Waals surface area contributed by atoms with Crippen LogP contribution in [0.3, 0.4) is 0 Å². The number of alkyl halides is 3. The summed E-state index contributed by atoms with van der Waals surface area (Å²) in [4.78, 5) is 20.2. The second kappa shape index (κ2) is 9.01. The Morgan fingerprint density at radius 1 is 1.26 bits per heavy atom. The fourth-order valence-electron chi connectivity index (χ4n) is 3.05. The van der Waals surface area contributed by atoms with Gasteiger partial charge in [0.05, 0.1) is 17.0 Å². The number of nitrogens with one attached hydrogen (secondary N) is 1. The highest BCUT2D eigenvalue weighted by Gasteiger charge is 2.31. The normalized spacial score (nSPS) is 15.7. The van der Waals surface area contributed by atoms with E-state index in [1.54, 1.807) is 10.3 Å². The van der Waals surface area contributed by atoms with E-state index in [1.807, 2.05) is 7.05 Å². The van der Waals surface area contributed by atoms with Gasteiger partial charge in [0.2, 0.25) is 5.91 Å². The molecule has 0 bridgehead atoms. The van der Waals surface area contributed by atoms with Crippen molar-refractivity contribution in [3.05, 3.63) is 34.8 Å². The number of nitrogens with zero attached hydrogens (tertiary/aromatic N) is 3. The first-order chi connectivity index (χ1) is 14.4. The number of ether oxygens (including phenoxy) is 1. The number of hydrogen-bond donors (Lipinski definition) is 1. The third kappa shape index (κ3) is 6.31. The van der Waals surface area contributed by atoms with Crippen LogP contribution in [0.1, 0.15) is 11.3 Å². The molecule has 3 rings (SSSR count). The number of benzene rings is 1. The van der Waals surface area contributed by atoms with Gasteiger partial charge in [0.25, 0.3) is 10.0 Å². The Bertz CT molecular complexity index is 1050. The van der Waals surface area contributed by atoms with Crippen molar-refractivity contribution in [3.8, 4) is 5.75 Å². The van der Waals surface area contributed by atoms with E-state index in [9.17, 15) is 26.4 Å². The first kappa shape index (κ1) is 23.3. The Hall–Kier alpha value is -2.38. The van der Waals surface area contributed by atoms with Gasteiger partial charge in [0.1, 0.15) is 5.75 Å². The van der Waals surface area contributed by atoms with Crippen molar-refractivity contribution in [3.63, 3.8) is 0 Å². The second-order valence-corrected chi connectivity index (χ2v) is 9.59. The lowest BCUT2D eigenvalue weighted by atomic mass is 10.2. The second-order valence-electron chi connectivity index (χ2n) is 7.09. The van der Waals surface area contributed by atoms with Gasteiger partial charge >= 0.3 is 6.36 Å². The van der Waals surface area contributed by atoms with Gasteiger partial charge in [0, 0.05) is 31.6 Å². The highest BCUT2D eigenvalue weighted by Crippen LogP contribution is 2.28. The van der Waals surface area contributed by atoms with Crippen LogP contribution in [-0.2, 0) is 21.2 Å². The summed E-state index contributed by atoms with van der Waals surface area (Å²) < 4.78 is 68.4. The summed E-state index contributed by atoms with van der Waals surface area (Å²) in [6, 6.07) is 2.95. The highest BCUT2D eigenvalue weighted by atomic mass is 32.2.